The molecule has 1 aromatic rings. The number of urea groups is 1. The molecule has 0 bridgehead atoms. The highest BCUT2D eigenvalue weighted by molar-refractivity contribution is 6.35. The summed E-state index contributed by atoms with van der Waals surface area (Å²) in [5, 5.41) is 3.38. The fourth-order valence-corrected chi connectivity index (χ4v) is 3.89. The Morgan fingerprint density at radius 2 is 1.88 bits per heavy atom. The summed E-state index contributed by atoms with van der Waals surface area (Å²) in [4.78, 5) is 40.3. The Labute approximate surface area is 156 Å². The Bertz CT molecular complexity index is 734. The van der Waals surface area contributed by atoms with E-state index in [0.29, 0.717) is 23.7 Å². The van der Waals surface area contributed by atoms with E-state index in [-0.39, 0.29) is 17.5 Å². The standard InChI is InChI=1S/C17H19Cl2N3O3/c1-17(12-6-5-11(18)9-13(12)19)15(24)22(16(25)20-17)10-14(23)21-7-3-2-4-8-21/h5-6,9H,2-4,7-8,10H2,1H3,(H,20,25)/t17-/m1/s1. The minimum Gasteiger partial charge on any atom is -0.341 e. The number of piperidine rings is 1. The normalized spacial score (nSPS) is 23.8. The van der Waals surface area contributed by atoms with Crippen LogP contribution in [0.25, 0.3) is 0 Å². The van der Waals surface area contributed by atoms with Gasteiger partial charge in [0, 0.05) is 28.7 Å². The number of nitrogens with one attached hydrogen (secondary N) is 1. The molecule has 1 atom stereocenters. The number of likely N-dealkylation sites (tertiary alicyclic amines) is 1. The highest BCUT2D eigenvalue weighted by atomic mass is 35.5. The van der Waals surface area contributed by atoms with Crippen LogP contribution in [0.5, 0.6) is 0 Å². The van der Waals surface area contributed by atoms with Crippen molar-refractivity contribution in [2.75, 3.05) is 19.6 Å². The summed E-state index contributed by atoms with van der Waals surface area (Å²) in [5.74, 6) is -0.707. The number of hydrogen-bond donors (Lipinski definition) is 1. The van der Waals surface area contributed by atoms with E-state index in [2.05, 4.69) is 5.32 Å². The van der Waals surface area contributed by atoms with Gasteiger partial charge >= 0.3 is 6.03 Å². The zero-order valence-electron chi connectivity index (χ0n) is 13.8. The van der Waals surface area contributed by atoms with Crippen LogP contribution >= 0.6 is 23.2 Å². The van der Waals surface area contributed by atoms with Crippen molar-refractivity contribution in [1.29, 1.82) is 0 Å². The van der Waals surface area contributed by atoms with Crippen molar-refractivity contribution < 1.29 is 14.4 Å². The predicted octanol–water partition coefficient (Wildman–Crippen LogP) is 2.77. The number of halogens is 2. The molecule has 4 amide bonds. The molecule has 2 fully saturated rings. The Kier molecular flexibility index (Phi) is 4.93. The maximum atomic E-state index is 12.9. The van der Waals surface area contributed by atoms with E-state index in [9.17, 15) is 14.4 Å². The first-order chi connectivity index (χ1) is 11.8. The second-order valence-corrected chi connectivity index (χ2v) is 7.36. The van der Waals surface area contributed by atoms with Gasteiger partial charge in [0.2, 0.25) is 5.91 Å². The van der Waals surface area contributed by atoms with Gasteiger partial charge in [0.25, 0.3) is 5.91 Å². The SMILES string of the molecule is C[C@]1(c2ccc(Cl)cc2Cl)NC(=O)N(CC(=O)N2CCCCC2)C1=O. The Morgan fingerprint density at radius 1 is 1.20 bits per heavy atom. The Morgan fingerprint density at radius 3 is 2.52 bits per heavy atom. The van der Waals surface area contributed by atoms with Gasteiger partial charge < -0.3 is 10.2 Å². The third-order valence-electron chi connectivity index (χ3n) is 4.75. The first-order valence-corrected chi connectivity index (χ1v) is 8.96. The topological polar surface area (TPSA) is 69.7 Å². The third kappa shape index (κ3) is 3.33. The van der Waals surface area contributed by atoms with Crippen LogP contribution in [0.3, 0.4) is 0 Å². The monoisotopic (exact) mass is 383 g/mol. The molecule has 6 nitrogen and oxygen atoms in total. The van der Waals surface area contributed by atoms with Gasteiger partial charge in [-0.3, -0.25) is 14.5 Å². The molecular formula is C17H19Cl2N3O3. The molecule has 2 saturated heterocycles. The number of rotatable bonds is 3. The van der Waals surface area contributed by atoms with Crippen molar-refractivity contribution in [3.63, 3.8) is 0 Å². The lowest BCUT2D eigenvalue weighted by molar-refractivity contribution is -0.139. The number of amides is 4. The quantitative estimate of drug-likeness (QED) is 0.815. The van der Waals surface area contributed by atoms with E-state index in [0.717, 1.165) is 24.2 Å². The molecule has 0 unspecified atom stereocenters. The number of carbonyl (C=O) groups excluding carboxylic acids is 3. The van der Waals surface area contributed by atoms with Crippen molar-refractivity contribution in [3.8, 4) is 0 Å². The van der Waals surface area contributed by atoms with Gasteiger partial charge in [0.15, 0.2) is 0 Å². The molecule has 0 spiro atoms. The average molecular weight is 384 g/mol. The lowest BCUT2D eigenvalue weighted by atomic mass is 9.92. The second-order valence-electron chi connectivity index (χ2n) is 6.51. The molecule has 3 rings (SSSR count). The van der Waals surface area contributed by atoms with Crippen molar-refractivity contribution in [1.82, 2.24) is 15.1 Å². The van der Waals surface area contributed by atoms with Crippen LogP contribution in [0, 0.1) is 0 Å². The molecule has 0 saturated carbocycles. The highest BCUT2D eigenvalue weighted by Gasteiger charge is 2.50. The van der Waals surface area contributed by atoms with Crippen LogP contribution in [-0.4, -0.2) is 47.3 Å². The van der Waals surface area contributed by atoms with E-state index in [1.54, 1.807) is 24.0 Å². The fraction of sp³-hybridized carbons (Fsp3) is 0.471. The van der Waals surface area contributed by atoms with Gasteiger partial charge in [-0.15, -0.1) is 0 Å². The van der Waals surface area contributed by atoms with Crippen molar-refractivity contribution >= 4 is 41.0 Å². The van der Waals surface area contributed by atoms with Gasteiger partial charge in [-0.25, -0.2) is 4.79 Å². The minimum atomic E-state index is -1.32. The van der Waals surface area contributed by atoms with E-state index >= 15 is 0 Å². The fourth-order valence-electron chi connectivity index (χ4n) is 3.30. The highest BCUT2D eigenvalue weighted by Crippen LogP contribution is 2.35. The van der Waals surface area contributed by atoms with Crippen molar-refractivity contribution in [2.45, 2.75) is 31.7 Å². The molecule has 2 heterocycles. The van der Waals surface area contributed by atoms with Crippen molar-refractivity contribution in [2.24, 2.45) is 0 Å². The van der Waals surface area contributed by atoms with Crippen LogP contribution in [0.2, 0.25) is 10.0 Å². The minimum absolute atomic E-state index is 0.213. The molecule has 2 aliphatic rings. The maximum Gasteiger partial charge on any atom is 0.325 e. The zero-order chi connectivity index (χ0) is 18.2. The summed E-state index contributed by atoms with van der Waals surface area (Å²) in [6.07, 6.45) is 2.99. The number of benzene rings is 1. The molecule has 8 heteroatoms. The third-order valence-corrected chi connectivity index (χ3v) is 5.29. The lowest BCUT2D eigenvalue weighted by Crippen LogP contribution is -2.45. The van der Waals surface area contributed by atoms with Crippen LogP contribution in [0.4, 0.5) is 4.79 Å². The number of imide groups is 1. The zero-order valence-corrected chi connectivity index (χ0v) is 15.4. The first-order valence-electron chi connectivity index (χ1n) is 8.20. The summed E-state index contributed by atoms with van der Waals surface area (Å²) in [5.41, 5.74) is -0.870. The Hall–Kier alpha value is -1.79. The van der Waals surface area contributed by atoms with Gasteiger partial charge in [0.1, 0.15) is 12.1 Å². The second kappa shape index (κ2) is 6.84. The van der Waals surface area contributed by atoms with Crippen LogP contribution in [-0.2, 0) is 15.1 Å². The molecule has 2 aliphatic heterocycles. The molecule has 134 valence electrons. The maximum absolute atomic E-state index is 12.9. The number of hydrogen-bond acceptors (Lipinski definition) is 3. The van der Waals surface area contributed by atoms with Crippen LogP contribution < -0.4 is 5.32 Å². The number of carbonyl (C=O) groups is 3. The molecule has 1 aromatic carbocycles. The molecule has 0 aliphatic carbocycles. The summed E-state index contributed by atoms with van der Waals surface area (Å²) >= 11 is 12.1. The predicted molar refractivity (Wildman–Crippen MR) is 94.5 cm³/mol. The number of nitrogens with zero attached hydrogens (tertiary/aromatic N) is 2. The first kappa shape index (κ1) is 18.0. The van der Waals surface area contributed by atoms with Gasteiger partial charge in [-0.1, -0.05) is 29.3 Å². The van der Waals surface area contributed by atoms with E-state index in [4.69, 9.17) is 23.2 Å². The van der Waals surface area contributed by atoms with Crippen LogP contribution in [0.1, 0.15) is 31.7 Å². The van der Waals surface area contributed by atoms with E-state index < -0.39 is 17.5 Å². The van der Waals surface area contributed by atoms with Crippen LogP contribution in [0.15, 0.2) is 18.2 Å². The molecule has 0 aromatic heterocycles. The summed E-state index contributed by atoms with van der Waals surface area (Å²) < 4.78 is 0. The van der Waals surface area contributed by atoms with Crippen molar-refractivity contribution in [3.05, 3.63) is 33.8 Å². The summed E-state index contributed by atoms with van der Waals surface area (Å²) in [6, 6.07) is 4.14. The van der Waals surface area contributed by atoms with E-state index in [1.807, 2.05) is 0 Å². The van der Waals surface area contributed by atoms with Gasteiger partial charge in [-0.05, 0) is 38.3 Å². The molecule has 1 N–H and O–H groups in total. The van der Waals surface area contributed by atoms with Gasteiger partial charge in [0.05, 0.1) is 0 Å². The molecule has 25 heavy (non-hydrogen) atoms. The Balaban J connectivity index is 1.80. The summed E-state index contributed by atoms with van der Waals surface area (Å²) in [7, 11) is 0. The lowest BCUT2D eigenvalue weighted by Gasteiger charge is -2.28. The van der Waals surface area contributed by atoms with Gasteiger partial charge in [-0.2, -0.15) is 0 Å². The smallest absolute Gasteiger partial charge is 0.325 e. The largest absolute Gasteiger partial charge is 0.341 e. The molecular weight excluding hydrogens is 365 g/mol. The summed E-state index contributed by atoms with van der Waals surface area (Å²) in [6.45, 7) is 2.66. The average Bonchev–Trinajstić information content (AvgIpc) is 2.79. The molecule has 0 radical (unpaired) electrons. The van der Waals surface area contributed by atoms with E-state index in [1.165, 1.54) is 6.07 Å².